The lowest BCUT2D eigenvalue weighted by molar-refractivity contribution is -0.385. The number of ether oxygens (including phenoxy) is 2. The van der Waals surface area contributed by atoms with Crippen LogP contribution in [0.4, 0.5) is 5.69 Å². The van der Waals surface area contributed by atoms with Crippen molar-refractivity contribution in [3.8, 4) is 11.5 Å². The van der Waals surface area contributed by atoms with Crippen molar-refractivity contribution < 1.29 is 19.2 Å². The molecule has 0 aliphatic heterocycles. The second kappa shape index (κ2) is 6.59. The highest BCUT2D eigenvalue weighted by molar-refractivity contribution is 6.41. The van der Waals surface area contributed by atoms with Crippen molar-refractivity contribution in [3.05, 3.63) is 56.3 Å². The minimum Gasteiger partial charge on any atom is -0.496 e. The van der Waals surface area contributed by atoms with Gasteiger partial charge in [0, 0.05) is 6.20 Å². The summed E-state index contributed by atoms with van der Waals surface area (Å²) in [7, 11) is 1.37. The van der Waals surface area contributed by atoms with E-state index in [4.69, 9.17) is 32.7 Å². The first-order valence-electron chi connectivity index (χ1n) is 5.78. The molecule has 1 heterocycles. The summed E-state index contributed by atoms with van der Waals surface area (Å²) in [5.74, 6) is -0.802. The molecule has 9 heteroatoms. The summed E-state index contributed by atoms with van der Waals surface area (Å²) in [4.78, 5) is 26.0. The van der Waals surface area contributed by atoms with E-state index in [1.54, 1.807) is 0 Å². The second-order valence-electron chi connectivity index (χ2n) is 3.98. The van der Waals surface area contributed by atoms with Crippen LogP contribution < -0.4 is 9.47 Å². The fourth-order valence-electron chi connectivity index (χ4n) is 1.54. The van der Waals surface area contributed by atoms with Gasteiger partial charge in [0.2, 0.25) is 5.75 Å². The lowest BCUT2D eigenvalue weighted by Gasteiger charge is -2.07. The zero-order chi connectivity index (χ0) is 16.3. The highest BCUT2D eigenvalue weighted by Crippen LogP contribution is 2.31. The van der Waals surface area contributed by atoms with Crippen molar-refractivity contribution in [2.45, 2.75) is 0 Å². The van der Waals surface area contributed by atoms with Gasteiger partial charge < -0.3 is 9.47 Å². The first kappa shape index (κ1) is 16.0. The molecule has 7 nitrogen and oxygen atoms in total. The Balaban J connectivity index is 2.31. The Morgan fingerprint density at radius 2 is 2.05 bits per heavy atom. The summed E-state index contributed by atoms with van der Waals surface area (Å²) in [6, 6.07) is 5.10. The van der Waals surface area contributed by atoms with Gasteiger partial charge in [0.25, 0.3) is 0 Å². The van der Waals surface area contributed by atoms with Gasteiger partial charge in [0.15, 0.2) is 0 Å². The van der Waals surface area contributed by atoms with Crippen molar-refractivity contribution in [3.63, 3.8) is 0 Å². The quantitative estimate of drug-likeness (QED) is 0.277. The third-order valence-corrected chi connectivity index (χ3v) is 3.28. The number of esters is 1. The predicted molar refractivity (Wildman–Crippen MR) is 78.9 cm³/mol. The molecule has 114 valence electrons. The predicted octanol–water partition coefficient (Wildman–Crippen LogP) is 3.52. The van der Waals surface area contributed by atoms with Gasteiger partial charge in [0.1, 0.15) is 10.9 Å². The minimum absolute atomic E-state index is 0.0134. The Hall–Kier alpha value is -2.38. The molecule has 0 radical (unpaired) electrons. The molecule has 2 rings (SSSR count). The number of rotatable bonds is 4. The van der Waals surface area contributed by atoms with Crippen molar-refractivity contribution in [1.82, 2.24) is 4.98 Å². The molecule has 0 amide bonds. The largest absolute Gasteiger partial charge is 0.496 e. The first-order chi connectivity index (χ1) is 10.4. The summed E-state index contributed by atoms with van der Waals surface area (Å²) in [6.45, 7) is 0. The van der Waals surface area contributed by atoms with Crippen LogP contribution in [0.15, 0.2) is 30.5 Å². The van der Waals surface area contributed by atoms with Gasteiger partial charge in [-0.1, -0.05) is 23.2 Å². The topological polar surface area (TPSA) is 91.6 Å². The highest BCUT2D eigenvalue weighted by atomic mass is 35.5. The average molecular weight is 343 g/mol. The average Bonchev–Trinajstić information content (AvgIpc) is 2.50. The van der Waals surface area contributed by atoms with E-state index in [1.165, 1.54) is 25.3 Å². The molecule has 0 unspecified atom stereocenters. The van der Waals surface area contributed by atoms with E-state index in [9.17, 15) is 14.9 Å². The summed E-state index contributed by atoms with van der Waals surface area (Å²) in [5, 5.41) is 11.1. The Morgan fingerprint density at radius 1 is 1.32 bits per heavy atom. The van der Waals surface area contributed by atoms with Gasteiger partial charge in [-0.05, 0) is 18.2 Å². The molecule has 0 atom stereocenters. The van der Waals surface area contributed by atoms with E-state index in [0.717, 1.165) is 12.3 Å². The number of hydrogen-bond donors (Lipinski definition) is 0. The van der Waals surface area contributed by atoms with Crippen LogP contribution in [-0.4, -0.2) is 23.0 Å². The fourth-order valence-corrected chi connectivity index (χ4v) is 1.81. The zero-order valence-corrected chi connectivity index (χ0v) is 12.6. The number of nitro benzene ring substituents is 1. The van der Waals surface area contributed by atoms with Crippen molar-refractivity contribution in [2.24, 2.45) is 0 Å². The number of aromatic nitrogens is 1. The summed E-state index contributed by atoms with van der Waals surface area (Å²) in [6.07, 6.45) is 1.16. The molecule has 0 aliphatic carbocycles. The molecule has 1 aromatic heterocycles. The summed E-state index contributed by atoms with van der Waals surface area (Å²) >= 11 is 11.4. The first-order valence-corrected chi connectivity index (χ1v) is 6.53. The van der Waals surface area contributed by atoms with Crippen LogP contribution in [0.1, 0.15) is 10.4 Å². The lowest BCUT2D eigenvalue weighted by Crippen LogP contribution is -2.10. The van der Waals surface area contributed by atoms with Crippen LogP contribution in [0.2, 0.25) is 10.2 Å². The molecule has 0 aliphatic rings. The van der Waals surface area contributed by atoms with Crippen molar-refractivity contribution >= 4 is 34.9 Å². The van der Waals surface area contributed by atoms with E-state index in [0.29, 0.717) is 0 Å². The maximum absolute atomic E-state index is 12.0. The molecule has 1 aromatic carbocycles. The van der Waals surface area contributed by atoms with E-state index < -0.39 is 16.6 Å². The third kappa shape index (κ3) is 3.44. The van der Waals surface area contributed by atoms with E-state index in [2.05, 4.69) is 4.98 Å². The number of pyridine rings is 1. The number of nitro groups is 1. The van der Waals surface area contributed by atoms with Gasteiger partial charge in [-0.15, -0.1) is 0 Å². The number of nitrogens with zero attached hydrogens (tertiary/aromatic N) is 2. The standard InChI is InChI=1S/C13H8Cl2N2O5/c1-21-8-2-3-11(10(5-8)17(19)20)22-13(18)7-4-9(14)12(15)16-6-7/h2-6H,1H3. The van der Waals surface area contributed by atoms with Crippen molar-refractivity contribution in [2.75, 3.05) is 7.11 Å². The van der Waals surface area contributed by atoms with Crippen LogP contribution >= 0.6 is 23.2 Å². The molecule has 22 heavy (non-hydrogen) atoms. The third-order valence-electron chi connectivity index (χ3n) is 2.60. The molecule has 2 aromatic rings. The Morgan fingerprint density at radius 3 is 2.64 bits per heavy atom. The van der Waals surface area contributed by atoms with Crippen LogP contribution in [-0.2, 0) is 0 Å². The lowest BCUT2D eigenvalue weighted by atomic mass is 10.2. The zero-order valence-electron chi connectivity index (χ0n) is 11.1. The maximum atomic E-state index is 12.0. The Kier molecular flexibility index (Phi) is 4.79. The molecule has 0 fully saturated rings. The maximum Gasteiger partial charge on any atom is 0.345 e. The minimum atomic E-state index is -0.848. The number of halogens is 2. The molecule has 0 N–H and O–H groups in total. The van der Waals surface area contributed by atoms with Gasteiger partial charge in [-0.25, -0.2) is 9.78 Å². The number of benzene rings is 1. The molecular weight excluding hydrogens is 335 g/mol. The van der Waals surface area contributed by atoms with Gasteiger partial charge in [0.05, 0.1) is 28.7 Å². The van der Waals surface area contributed by atoms with E-state index in [1.807, 2.05) is 0 Å². The second-order valence-corrected chi connectivity index (χ2v) is 4.74. The summed E-state index contributed by atoms with van der Waals surface area (Å²) in [5.41, 5.74) is -0.389. The monoisotopic (exact) mass is 342 g/mol. The number of hydrogen-bond acceptors (Lipinski definition) is 6. The highest BCUT2D eigenvalue weighted by Gasteiger charge is 2.20. The Bertz CT molecular complexity index is 751. The molecule has 0 saturated carbocycles. The number of carbonyl (C=O) groups is 1. The number of methoxy groups -OCH3 is 1. The fraction of sp³-hybridized carbons (Fsp3) is 0.0769. The smallest absolute Gasteiger partial charge is 0.345 e. The van der Waals surface area contributed by atoms with E-state index in [-0.39, 0.29) is 27.2 Å². The van der Waals surface area contributed by atoms with Crippen LogP contribution in [0.5, 0.6) is 11.5 Å². The molecular formula is C13H8Cl2N2O5. The Labute approximate surface area is 134 Å². The SMILES string of the molecule is COc1ccc(OC(=O)c2cnc(Cl)c(Cl)c2)c([N+](=O)[O-])c1. The van der Waals surface area contributed by atoms with Crippen LogP contribution in [0.25, 0.3) is 0 Å². The van der Waals surface area contributed by atoms with Gasteiger partial charge >= 0.3 is 11.7 Å². The van der Waals surface area contributed by atoms with Crippen LogP contribution in [0.3, 0.4) is 0 Å². The molecule has 0 saturated heterocycles. The molecule has 0 bridgehead atoms. The van der Waals surface area contributed by atoms with Gasteiger partial charge in [-0.2, -0.15) is 0 Å². The van der Waals surface area contributed by atoms with E-state index >= 15 is 0 Å². The number of carbonyl (C=O) groups excluding carboxylic acids is 1. The summed E-state index contributed by atoms with van der Waals surface area (Å²) < 4.78 is 9.90. The van der Waals surface area contributed by atoms with Crippen LogP contribution in [0, 0.1) is 10.1 Å². The molecule has 0 spiro atoms. The van der Waals surface area contributed by atoms with Gasteiger partial charge in [-0.3, -0.25) is 10.1 Å². The van der Waals surface area contributed by atoms with Crippen molar-refractivity contribution in [1.29, 1.82) is 0 Å². The normalized spacial score (nSPS) is 10.1.